The van der Waals surface area contributed by atoms with Crippen molar-refractivity contribution in [3.8, 4) is 0 Å². The fourth-order valence-corrected chi connectivity index (χ4v) is 3.40. The summed E-state index contributed by atoms with van der Waals surface area (Å²) in [5.74, 6) is 0.409. The van der Waals surface area contributed by atoms with Gasteiger partial charge in [0.05, 0.1) is 17.3 Å². The number of ketones is 1. The van der Waals surface area contributed by atoms with Crippen LogP contribution in [0.5, 0.6) is 0 Å². The smallest absolute Gasteiger partial charge is 0.196 e. The maximum atomic E-state index is 13.0. The van der Waals surface area contributed by atoms with Crippen molar-refractivity contribution in [2.75, 3.05) is 0 Å². The number of carbonyl (C=O) groups excluding carboxylic acids is 1. The van der Waals surface area contributed by atoms with Gasteiger partial charge in [-0.3, -0.25) is 4.79 Å². The van der Waals surface area contributed by atoms with E-state index in [0.717, 1.165) is 22.8 Å². The summed E-state index contributed by atoms with van der Waals surface area (Å²) in [4.78, 5) is 13.0. The summed E-state index contributed by atoms with van der Waals surface area (Å²) in [5.41, 5.74) is 4.87. The molecule has 0 amide bonds. The van der Waals surface area contributed by atoms with Gasteiger partial charge in [-0.25, -0.2) is 4.52 Å². The highest BCUT2D eigenvalue weighted by molar-refractivity contribution is 9.10. The van der Waals surface area contributed by atoms with Gasteiger partial charge >= 0.3 is 0 Å². The summed E-state index contributed by atoms with van der Waals surface area (Å²) < 4.78 is 2.81. The lowest BCUT2D eigenvalue weighted by Crippen LogP contribution is -2.07. The van der Waals surface area contributed by atoms with E-state index in [1.165, 1.54) is 11.1 Å². The van der Waals surface area contributed by atoms with E-state index in [4.69, 9.17) is 0 Å². The summed E-state index contributed by atoms with van der Waals surface area (Å²) in [6, 6.07) is 9.61. The molecule has 24 heavy (non-hydrogen) atoms. The van der Waals surface area contributed by atoms with Gasteiger partial charge in [-0.05, 0) is 60.2 Å². The Bertz CT molecular complexity index is 881. The molecule has 0 radical (unpaired) electrons. The highest BCUT2D eigenvalue weighted by atomic mass is 79.9. The number of aromatic nitrogens is 2. The molecule has 0 aliphatic rings. The van der Waals surface area contributed by atoms with Crippen molar-refractivity contribution < 1.29 is 4.79 Å². The number of aryl methyl sites for hydroxylation is 1. The van der Waals surface area contributed by atoms with Crippen molar-refractivity contribution in [1.29, 1.82) is 0 Å². The topological polar surface area (TPSA) is 34.4 Å². The van der Waals surface area contributed by atoms with Gasteiger partial charge in [0.1, 0.15) is 0 Å². The van der Waals surface area contributed by atoms with Gasteiger partial charge in [0.25, 0.3) is 0 Å². The Hall–Kier alpha value is -1.94. The lowest BCUT2D eigenvalue weighted by Gasteiger charge is -2.16. The molecule has 4 heteroatoms. The monoisotopic (exact) mass is 384 g/mol. The molecule has 2 heterocycles. The molecule has 3 rings (SSSR count). The normalized spacial score (nSPS) is 12.5. The van der Waals surface area contributed by atoms with Gasteiger partial charge in [-0.1, -0.05) is 36.7 Å². The SMILES string of the molecule is CCc1ccn2ncc(C(=O)c3ccc(Br)cc3)c2c1C(C)CC. The number of nitrogens with zero attached hydrogens (tertiary/aromatic N) is 2. The standard InChI is InChI=1S/C20H21BrN2O/c1-4-13(3)18-14(5-2)10-11-23-19(18)17(12-22-23)20(24)15-6-8-16(21)9-7-15/h6-13H,4-5H2,1-3H3. The third-order valence-corrected chi connectivity index (χ3v) is 5.18. The van der Waals surface area contributed by atoms with E-state index < -0.39 is 0 Å². The first kappa shape index (κ1) is 16.9. The van der Waals surface area contributed by atoms with Gasteiger partial charge < -0.3 is 0 Å². The molecule has 1 aromatic carbocycles. The van der Waals surface area contributed by atoms with Crippen LogP contribution in [0.15, 0.2) is 47.2 Å². The predicted octanol–water partition coefficient (Wildman–Crippen LogP) is 5.40. The fraction of sp³-hybridized carbons (Fsp3) is 0.300. The van der Waals surface area contributed by atoms with Gasteiger partial charge in [-0.15, -0.1) is 0 Å². The number of hydrogen-bond donors (Lipinski definition) is 0. The van der Waals surface area contributed by atoms with Crippen LogP contribution in [-0.2, 0) is 6.42 Å². The molecule has 0 aliphatic heterocycles. The fourth-order valence-electron chi connectivity index (χ4n) is 3.13. The highest BCUT2D eigenvalue weighted by Gasteiger charge is 2.21. The predicted molar refractivity (Wildman–Crippen MR) is 101 cm³/mol. The van der Waals surface area contributed by atoms with Crippen LogP contribution < -0.4 is 0 Å². The second-order valence-electron chi connectivity index (χ2n) is 6.10. The number of pyridine rings is 1. The molecule has 0 spiro atoms. The quantitative estimate of drug-likeness (QED) is 0.551. The van der Waals surface area contributed by atoms with E-state index in [1.807, 2.05) is 35.0 Å². The summed E-state index contributed by atoms with van der Waals surface area (Å²) in [7, 11) is 0. The molecule has 0 aliphatic carbocycles. The number of fused-ring (bicyclic) bond motifs is 1. The molecule has 1 atom stereocenters. The van der Waals surface area contributed by atoms with Crippen molar-refractivity contribution in [2.24, 2.45) is 0 Å². The highest BCUT2D eigenvalue weighted by Crippen LogP contribution is 2.31. The van der Waals surface area contributed by atoms with E-state index in [2.05, 4.69) is 47.9 Å². The Morgan fingerprint density at radius 1 is 1.21 bits per heavy atom. The van der Waals surface area contributed by atoms with Crippen LogP contribution >= 0.6 is 15.9 Å². The van der Waals surface area contributed by atoms with Gasteiger partial charge in [0, 0.05) is 16.2 Å². The minimum absolute atomic E-state index is 0.0234. The van der Waals surface area contributed by atoms with Crippen molar-refractivity contribution in [3.05, 3.63) is 69.5 Å². The molecule has 0 N–H and O–H groups in total. The Balaban J connectivity index is 2.21. The summed E-state index contributed by atoms with van der Waals surface area (Å²) in [5, 5.41) is 4.42. The van der Waals surface area contributed by atoms with Crippen LogP contribution in [0.3, 0.4) is 0 Å². The van der Waals surface area contributed by atoms with E-state index in [9.17, 15) is 4.79 Å². The van der Waals surface area contributed by atoms with Crippen LogP contribution in [0.4, 0.5) is 0 Å². The Kier molecular flexibility index (Phi) is 4.86. The third-order valence-electron chi connectivity index (χ3n) is 4.65. The third kappa shape index (κ3) is 2.91. The van der Waals surface area contributed by atoms with Crippen LogP contribution in [0.25, 0.3) is 5.52 Å². The zero-order valence-corrected chi connectivity index (χ0v) is 15.8. The maximum absolute atomic E-state index is 13.0. The van der Waals surface area contributed by atoms with Crippen molar-refractivity contribution in [1.82, 2.24) is 9.61 Å². The molecule has 124 valence electrons. The summed E-state index contributed by atoms with van der Waals surface area (Å²) >= 11 is 3.41. The van der Waals surface area contributed by atoms with Crippen LogP contribution in [0.2, 0.25) is 0 Å². The molecule has 0 fully saturated rings. The largest absolute Gasteiger partial charge is 0.288 e. The first-order chi connectivity index (χ1) is 11.6. The Morgan fingerprint density at radius 2 is 1.92 bits per heavy atom. The minimum atomic E-state index is 0.0234. The molecule has 1 unspecified atom stereocenters. The molecule has 0 bridgehead atoms. The molecular formula is C20H21BrN2O. The van der Waals surface area contributed by atoms with Gasteiger partial charge in [-0.2, -0.15) is 5.10 Å². The van der Waals surface area contributed by atoms with Gasteiger partial charge in [0.15, 0.2) is 5.78 Å². The number of benzene rings is 1. The lowest BCUT2D eigenvalue weighted by atomic mass is 9.90. The van der Waals surface area contributed by atoms with E-state index in [0.29, 0.717) is 17.0 Å². The minimum Gasteiger partial charge on any atom is -0.288 e. The maximum Gasteiger partial charge on any atom is 0.196 e. The first-order valence-electron chi connectivity index (χ1n) is 8.36. The molecule has 2 aromatic heterocycles. The van der Waals surface area contributed by atoms with E-state index in [-0.39, 0.29) is 5.78 Å². The summed E-state index contributed by atoms with van der Waals surface area (Å²) in [6.07, 6.45) is 5.64. The average Bonchev–Trinajstić information content (AvgIpc) is 3.04. The number of rotatable bonds is 5. The number of halogens is 1. The molecule has 3 aromatic rings. The summed E-state index contributed by atoms with van der Waals surface area (Å²) in [6.45, 7) is 6.56. The Morgan fingerprint density at radius 3 is 2.54 bits per heavy atom. The molecule has 3 nitrogen and oxygen atoms in total. The number of hydrogen-bond acceptors (Lipinski definition) is 2. The van der Waals surface area contributed by atoms with Crippen LogP contribution in [0.1, 0.15) is 60.2 Å². The van der Waals surface area contributed by atoms with E-state index >= 15 is 0 Å². The second-order valence-corrected chi connectivity index (χ2v) is 7.02. The van der Waals surface area contributed by atoms with Crippen LogP contribution in [0, 0.1) is 0 Å². The zero-order chi connectivity index (χ0) is 17.3. The van der Waals surface area contributed by atoms with Crippen molar-refractivity contribution in [2.45, 2.75) is 39.5 Å². The molecular weight excluding hydrogens is 364 g/mol. The number of carbonyl (C=O) groups is 1. The average molecular weight is 385 g/mol. The first-order valence-corrected chi connectivity index (χ1v) is 9.15. The Labute approximate surface area is 150 Å². The molecule has 0 saturated heterocycles. The zero-order valence-electron chi connectivity index (χ0n) is 14.2. The van der Waals surface area contributed by atoms with Gasteiger partial charge in [0.2, 0.25) is 0 Å². The lowest BCUT2D eigenvalue weighted by molar-refractivity contribution is 0.104. The van der Waals surface area contributed by atoms with E-state index in [1.54, 1.807) is 6.20 Å². The van der Waals surface area contributed by atoms with Crippen LogP contribution in [-0.4, -0.2) is 15.4 Å². The molecule has 0 saturated carbocycles. The van der Waals surface area contributed by atoms with Crippen molar-refractivity contribution in [3.63, 3.8) is 0 Å². The second kappa shape index (κ2) is 6.89. The van der Waals surface area contributed by atoms with Crippen molar-refractivity contribution >= 4 is 27.2 Å².